The van der Waals surface area contributed by atoms with E-state index >= 15 is 0 Å². The van der Waals surface area contributed by atoms with E-state index in [9.17, 15) is 9.59 Å². The summed E-state index contributed by atoms with van der Waals surface area (Å²) in [7, 11) is 0. The first-order valence-electron chi connectivity index (χ1n) is 7.78. The van der Waals surface area contributed by atoms with Crippen molar-refractivity contribution < 1.29 is 24.2 Å². The van der Waals surface area contributed by atoms with E-state index in [0.717, 1.165) is 12.0 Å². The molecule has 0 bridgehead atoms. The summed E-state index contributed by atoms with van der Waals surface area (Å²) >= 11 is 0. The lowest BCUT2D eigenvalue weighted by Gasteiger charge is -2.18. The predicted octanol–water partition coefficient (Wildman–Crippen LogP) is 2.15. The number of para-hydroxylation sites is 1. The number of ether oxygens (including phenoxy) is 2. The minimum Gasteiger partial charge on any atom is -0.483 e. The third-order valence-electron chi connectivity index (χ3n) is 3.62. The summed E-state index contributed by atoms with van der Waals surface area (Å²) in [6.45, 7) is 5.61. The van der Waals surface area contributed by atoms with Crippen LogP contribution in [0.15, 0.2) is 18.2 Å². The number of hydrogen-bond donors (Lipinski definition) is 2. The minimum atomic E-state index is -1.04. The highest BCUT2D eigenvalue weighted by atomic mass is 16.5. The van der Waals surface area contributed by atoms with Crippen molar-refractivity contribution in [3.05, 3.63) is 23.8 Å². The van der Waals surface area contributed by atoms with Gasteiger partial charge < -0.3 is 19.9 Å². The molecule has 1 amide bonds. The maximum Gasteiger partial charge on any atom is 0.326 e. The van der Waals surface area contributed by atoms with Crippen LogP contribution in [0.5, 0.6) is 11.5 Å². The molecule has 0 aromatic heterocycles. The topological polar surface area (TPSA) is 84.9 Å². The van der Waals surface area contributed by atoms with Gasteiger partial charge >= 0.3 is 5.97 Å². The molecule has 0 saturated heterocycles. The second-order valence-corrected chi connectivity index (χ2v) is 6.32. The molecule has 2 N–H and O–H groups in total. The Morgan fingerprint density at radius 2 is 2.17 bits per heavy atom. The van der Waals surface area contributed by atoms with Gasteiger partial charge in [0, 0.05) is 12.0 Å². The van der Waals surface area contributed by atoms with Crippen molar-refractivity contribution >= 4 is 11.9 Å². The summed E-state index contributed by atoms with van der Waals surface area (Å²) in [6.07, 6.45) is 1.84. The van der Waals surface area contributed by atoms with Gasteiger partial charge in [-0.25, -0.2) is 4.79 Å². The average molecular weight is 321 g/mol. The third-order valence-corrected chi connectivity index (χ3v) is 3.62. The highest BCUT2D eigenvalue weighted by Crippen LogP contribution is 2.41. The van der Waals surface area contributed by atoms with E-state index in [4.69, 9.17) is 14.6 Å². The number of carbonyl (C=O) groups excluding carboxylic acids is 1. The number of carboxylic acids is 1. The van der Waals surface area contributed by atoms with Gasteiger partial charge in [-0.1, -0.05) is 25.5 Å². The fraction of sp³-hybridized carbons (Fsp3) is 0.529. The van der Waals surface area contributed by atoms with Crippen molar-refractivity contribution in [3.8, 4) is 11.5 Å². The highest BCUT2D eigenvalue weighted by Gasteiger charge is 2.32. The smallest absolute Gasteiger partial charge is 0.326 e. The van der Waals surface area contributed by atoms with Gasteiger partial charge in [-0.2, -0.15) is 0 Å². The van der Waals surface area contributed by atoms with Crippen molar-refractivity contribution in [2.45, 2.75) is 51.7 Å². The van der Waals surface area contributed by atoms with Crippen molar-refractivity contribution in [3.63, 3.8) is 0 Å². The number of rotatable bonds is 7. The summed E-state index contributed by atoms with van der Waals surface area (Å²) in [5, 5.41) is 11.5. The number of hydrogen-bond acceptors (Lipinski definition) is 4. The van der Waals surface area contributed by atoms with Crippen molar-refractivity contribution in [2.75, 3.05) is 6.61 Å². The van der Waals surface area contributed by atoms with Crippen LogP contribution in [-0.2, 0) is 16.0 Å². The number of nitrogens with one attached hydrogen (secondary N) is 1. The standard InChI is InChI=1S/C17H23NO5/c1-4-6-12(16(20)21)18-14(19)10-22-13-8-5-7-11-9-17(2,3)23-15(11)13/h5,7-8,12H,4,6,9-10H2,1-3H3,(H,18,19)(H,20,21). The van der Waals surface area contributed by atoms with Gasteiger partial charge in [0.1, 0.15) is 11.6 Å². The van der Waals surface area contributed by atoms with Crippen LogP contribution in [0.1, 0.15) is 39.2 Å². The third kappa shape index (κ3) is 4.37. The van der Waals surface area contributed by atoms with E-state index in [1.165, 1.54) is 0 Å². The van der Waals surface area contributed by atoms with E-state index < -0.39 is 17.9 Å². The largest absolute Gasteiger partial charge is 0.483 e. The average Bonchev–Trinajstić information content (AvgIpc) is 2.78. The van der Waals surface area contributed by atoms with Gasteiger partial charge in [-0.05, 0) is 26.3 Å². The number of amides is 1. The molecule has 6 heteroatoms. The highest BCUT2D eigenvalue weighted by molar-refractivity contribution is 5.84. The fourth-order valence-corrected chi connectivity index (χ4v) is 2.63. The Bertz CT molecular complexity index is 597. The van der Waals surface area contributed by atoms with Crippen molar-refractivity contribution in [2.24, 2.45) is 0 Å². The Labute approximate surface area is 135 Å². The molecule has 23 heavy (non-hydrogen) atoms. The maximum absolute atomic E-state index is 11.9. The maximum atomic E-state index is 11.9. The van der Waals surface area contributed by atoms with Gasteiger partial charge in [0.2, 0.25) is 0 Å². The molecule has 1 heterocycles. The molecule has 0 aliphatic carbocycles. The first kappa shape index (κ1) is 17.1. The first-order chi connectivity index (χ1) is 10.8. The Kier molecular flexibility index (Phi) is 5.13. The summed E-state index contributed by atoms with van der Waals surface area (Å²) in [4.78, 5) is 22.9. The van der Waals surface area contributed by atoms with Crippen LogP contribution in [0.25, 0.3) is 0 Å². The SMILES string of the molecule is CCCC(NC(=O)COc1cccc2c1OC(C)(C)C2)C(=O)O. The number of carboxylic acid groups (broad SMARTS) is 1. The summed E-state index contributed by atoms with van der Waals surface area (Å²) in [5.74, 6) is -0.328. The number of fused-ring (bicyclic) bond motifs is 1. The molecule has 2 rings (SSSR count). The number of carbonyl (C=O) groups is 2. The van der Waals surface area contributed by atoms with Crippen LogP contribution in [0, 0.1) is 0 Å². The lowest BCUT2D eigenvalue weighted by atomic mass is 10.0. The van der Waals surface area contributed by atoms with E-state index in [-0.39, 0.29) is 12.2 Å². The molecule has 0 fully saturated rings. The molecule has 1 aromatic carbocycles. The molecule has 1 unspecified atom stereocenters. The quantitative estimate of drug-likeness (QED) is 0.804. The zero-order valence-corrected chi connectivity index (χ0v) is 13.7. The predicted molar refractivity (Wildman–Crippen MR) is 84.8 cm³/mol. The minimum absolute atomic E-state index is 0.242. The van der Waals surface area contributed by atoms with E-state index in [2.05, 4.69) is 5.32 Å². The lowest BCUT2D eigenvalue weighted by molar-refractivity contribution is -0.142. The molecule has 1 aliphatic rings. The van der Waals surface area contributed by atoms with Crippen LogP contribution in [-0.4, -0.2) is 35.2 Å². The van der Waals surface area contributed by atoms with Crippen LogP contribution >= 0.6 is 0 Å². The Morgan fingerprint density at radius 1 is 1.43 bits per heavy atom. The molecule has 0 spiro atoms. The molecule has 6 nitrogen and oxygen atoms in total. The molecule has 1 aromatic rings. The summed E-state index contributed by atoms with van der Waals surface area (Å²) in [5.41, 5.74) is 0.752. The van der Waals surface area contributed by atoms with Gasteiger partial charge in [0.05, 0.1) is 0 Å². The monoisotopic (exact) mass is 321 g/mol. The molecule has 0 saturated carbocycles. The first-order valence-corrected chi connectivity index (χ1v) is 7.78. The van der Waals surface area contributed by atoms with E-state index in [0.29, 0.717) is 24.3 Å². The molecular formula is C17H23NO5. The molecule has 1 aliphatic heterocycles. The molecule has 126 valence electrons. The van der Waals surface area contributed by atoms with Gasteiger partial charge in [0.25, 0.3) is 5.91 Å². The second kappa shape index (κ2) is 6.89. The van der Waals surface area contributed by atoms with Gasteiger partial charge in [0.15, 0.2) is 18.1 Å². The lowest BCUT2D eigenvalue weighted by Crippen LogP contribution is -2.42. The van der Waals surface area contributed by atoms with Crippen LogP contribution in [0.3, 0.4) is 0 Å². The summed E-state index contributed by atoms with van der Waals surface area (Å²) in [6, 6.07) is 4.69. The molecule has 1 atom stereocenters. The van der Waals surface area contributed by atoms with Gasteiger partial charge in [-0.15, -0.1) is 0 Å². The number of benzene rings is 1. The van der Waals surface area contributed by atoms with Crippen LogP contribution in [0.4, 0.5) is 0 Å². The Morgan fingerprint density at radius 3 is 2.83 bits per heavy atom. The van der Waals surface area contributed by atoms with E-state index in [1.807, 2.05) is 32.9 Å². The van der Waals surface area contributed by atoms with Crippen molar-refractivity contribution in [1.29, 1.82) is 0 Å². The molecule has 0 radical (unpaired) electrons. The summed E-state index contributed by atoms with van der Waals surface area (Å²) < 4.78 is 11.4. The van der Waals surface area contributed by atoms with Crippen LogP contribution < -0.4 is 14.8 Å². The molecular weight excluding hydrogens is 298 g/mol. The van der Waals surface area contributed by atoms with Gasteiger partial charge in [-0.3, -0.25) is 4.79 Å². The Balaban J connectivity index is 1.96. The normalized spacial score (nSPS) is 16.1. The fourth-order valence-electron chi connectivity index (χ4n) is 2.63. The van der Waals surface area contributed by atoms with Crippen LogP contribution in [0.2, 0.25) is 0 Å². The van der Waals surface area contributed by atoms with E-state index in [1.54, 1.807) is 6.07 Å². The zero-order valence-electron chi connectivity index (χ0n) is 13.7. The Hall–Kier alpha value is -2.24. The second-order valence-electron chi connectivity index (χ2n) is 6.32. The van der Waals surface area contributed by atoms with Crippen molar-refractivity contribution in [1.82, 2.24) is 5.32 Å². The number of aliphatic carboxylic acids is 1. The zero-order chi connectivity index (χ0) is 17.0.